The van der Waals surface area contributed by atoms with Crippen LogP contribution in [0.1, 0.15) is 5.56 Å². The highest BCUT2D eigenvalue weighted by atomic mass is 32.2. The van der Waals surface area contributed by atoms with Gasteiger partial charge in [0.1, 0.15) is 0 Å². The molecule has 25 heavy (non-hydrogen) atoms. The molecule has 126 valence electrons. The molecule has 1 aliphatic heterocycles. The summed E-state index contributed by atoms with van der Waals surface area (Å²) in [5, 5.41) is 1.85. The van der Waals surface area contributed by atoms with Gasteiger partial charge in [-0.3, -0.25) is 9.52 Å². The van der Waals surface area contributed by atoms with Crippen LogP contribution in [-0.2, 0) is 21.2 Å². The van der Waals surface area contributed by atoms with Crippen molar-refractivity contribution in [3.05, 3.63) is 66.2 Å². The van der Waals surface area contributed by atoms with E-state index < -0.39 is 10.0 Å². The summed E-state index contributed by atoms with van der Waals surface area (Å²) in [6.45, 7) is 0. The average molecular weight is 352 g/mol. The Morgan fingerprint density at radius 2 is 1.72 bits per heavy atom. The van der Waals surface area contributed by atoms with E-state index in [-0.39, 0.29) is 17.2 Å². The first-order valence-electron chi connectivity index (χ1n) is 7.85. The molecule has 0 spiro atoms. The number of nitrogens with zero attached hydrogens (tertiary/aromatic N) is 1. The number of amides is 1. The number of carbonyl (C=O) groups excluding carboxylic acids is 1. The van der Waals surface area contributed by atoms with Crippen LogP contribution in [0, 0.1) is 0 Å². The van der Waals surface area contributed by atoms with E-state index in [1.54, 1.807) is 48.3 Å². The second kappa shape index (κ2) is 5.60. The number of likely N-dealkylation sites (N-methyl/N-ethyl adjacent to an activating group) is 1. The third-order valence-electron chi connectivity index (χ3n) is 4.44. The van der Waals surface area contributed by atoms with Gasteiger partial charge in [0.05, 0.1) is 11.3 Å². The number of hydrogen-bond acceptors (Lipinski definition) is 3. The SMILES string of the molecule is CN1C(=O)Cc2cc(NS(=O)(=O)c3ccc4ccccc4c3)ccc21. The maximum atomic E-state index is 12.7. The molecule has 0 aliphatic carbocycles. The van der Waals surface area contributed by atoms with E-state index in [4.69, 9.17) is 0 Å². The Hall–Kier alpha value is -2.86. The largest absolute Gasteiger partial charge is 0.315 e. The Kier molecular flexibility index (Phi) is 3.51. The van der Waals surface area contributed by atoms with E-state index in [1.807, 2.05) is 24.3 Å². The van der Waals surface area contributed by atoms with Crippen molar-refractivity contribution in [2.45, 2.75) is 11.3 Å². The van der Waals surface area contributed by atoms with Gasteiger partial charge in [0.2, 0.25) is 5.91 Å². The molecular weight excluding hydrogens is 336 g/mol. The number of hydrogen-bond donors (Lipinski definition) is 1. The molecule has 0 saturated carbocycles. The molecule has 3 aromatic carbocycles. The van der Waals surface area contributed by atoms with Gasteiger partial charge in [-0.25, -0.2) is 8.42 Å². The molecule has 5 nitrogen and oxygen atoms in total. The number of nitrogens with one attached hydrogen (secondary N) is 1. The zero-order chi connectivity index (χ0) is 17.6. The molecule has 1 heterocycles. The van der Waals surface area contributed by atoms with Gasteiger partial charge in [-0.1, -0.05) is 30.3 Å². The van der Waals surface area contributed by atoms with Crippen LogP contribution in [0.3, 0.4) is 0 Å². The van der Waals surface area contributed by atoms with Crippen LogP contribution in [0.2, 0.25) is 0 Å². The fourth-order valence-corrected chi connectivity index (χ4v) is 4.17. The van der Waals surface area contributed by atoms with E-state index in [2.05, 4.69) is 4.72 Å². The van der Waals surface area contributed by atoms with Crippen molar-refractivity contribution < 1.29 is 13.2 Å². The van der Waals surface area contributed by atoms with Crippen LogP contribution in [0.4, 0.5) is 11.4 Å². The molecular formula is C19H16N2O3S. The third kappa shape index (κ3) is 2.74. The van der Waals surface area contributed by atoms with Gasteiger partial charge in [-0.2, -0.15) is 0 Å². The van der Waals surface area contributed by atoms with Gasteiger partial charge in [-0.05, 0) is 46.7 Å². The van der Waals surface area contributed by atoms with Gasteiger partial charge < -0.3 is 4.90 Å². The monoisotopic (exact) mass is 352 g/mol. The zero-order valence-corrected chi connectivity index (χ0v) is 14.4. The second-order valence-corrected chi connectivity index (χ2v) is 7.77. The maximum absolute atomic E-state index is 12.7. The summed E-state index contributed by atoms with van der Waals surface area (Å²) in [5.74, 6) is 0.00420. The number of carbonyl (C=O) groups is 1. The summed E-state index contributed by atoms with van der Waals surface area (Å²) < 4.78 is 28.0. The fraction of sp³-hybridized carbons (Fsp3) is 0.105. The molecule has 4 rings (SSSR count). The summed E-state index contributed by atoms with van der Waals surface area (Å²) in [4.78, 5) is 13.5. The molecule has 1 aliphatic rings. The first kappa shape index (κ1) is 15.7. The van der Waals surface area contributed by atoms with Crippen LogP contribution in [0.25, 0.3) is 10.8 Å². The highest BCUT2D eigenvalue weighted by Gasteiger charge is 2.24. The van der Waals surface area contributed by atoms with E-state index >= 15 is 0 Å². The summed E-state index contributed by atoms with van der Waals surface area (Å²) in [7, 11) is -1.98. The fourth-order valence-electron chi connectivity index (χ4n) is 3.08. The predicted octanol–water partition coefficient (Wildman–Crippen LogP) is 3.16. The van der Waals surface area contributed by atoms with Gasteiger partial charge in [0.15, 0.2) is 0 Å². The highest BCUT2D eigenvalue weighted by molar-refractivity contribution is 7.92. The number of sulfonamides is 1. The summed E-state index contributed by atoms with van der Waals surface area (Å²) in [6.07, 6.45) is 0.289. The van der Waals surface area contributed by atoms with Crippen molar-refractivity contribution in [2.24, 2.45) is 0 Å². The van der Waals surface area contributed by atoms with Gasteiger partial charge in [-0.15, -0.1) is 0 Å². The molecule has 0 atom stereocenters. The van der Waals surface area contributed by atoms with Gasteiger partial charge in [0, 0.05) is 18.4 Å². The standard InChI is InChI=1S/C19H16N2O3S/c1-21-18-9-7-16(10-15(18)12-19(21)22)20-25(23,24)17-8-6-13-4-2-3-5-14(13)11-17/h2-11,20H,12H2,1H3. The van der Waals surface area contributed by atoms with Crippen LogP contribution < -0.4 is 9.62 Å². The van der Waals surface area contributed by atoms with Crippen LogP contribution >= 0.6 is 0 Å². The minimum atomic E-state index is -3.70. The number of anilines is 2. The third-order valence-corrected chi connectivity index (χ3v) is 5.82. The van der Waals surface area contributed by atoms with Crippen LogP contribution in [-0.4, -0.2) is 21.4 Å². The van der Waals surface area contributed by atoms with Gasteiger partial charge >= 0.3 is 0 Å². The summed E-state index contributed by atoms with van der Waals surface area (Å²) in [5.41, 5.74) is 2.10. The van der Waals surface area contributed by atoms with Crippen LogP contribution in [0.5, 0.6) is 0 Å². The van der Waals surface area contributed by atoms with Crippen molar-refractivity contribution in [1.82, 2.24) is 0 Å². The van der Waals surface area contributed by atoms with E-state index in [0.717, 1.165) is 22.0 Å². The smallest absolute Gasteiger partial charge is 0.261 e. The normalized spacial score (nSPS) is 14.0. The molecule has 3 aromatic rings. The number of benzene rings is 3. The Morgan fingerprint density at radius 3 is 2.52 bits per heavy atom. The zero-order valence-electron chi connectivity index (χ0n) is 13.6. The average Bonchev–Trinajstić information content (AvgIpc) is 2.88. The predicted molar refractivity (Wildman–Crippen MR) is 98.3 cm³/mol. The lowest BCUT2D eigenvalue weighted by Crippen LogP contribution is -2.20. The molecule has 0 radical (unpaired) electrons. The van der Waals surface area contributed by atoms with Crippen LogP contribution in [0.15, 0.2) is 65.6 Å². The molecule has 0 unspecified atom stereocenters. The van der Waals surface area contributed by atoms with E-state index in [9.17, 15) is 13.2 Å². The first-order valence-corrected chi connectivity index (χ1v) is 9.33. The first-order chi connectivity index (χ1) is 11.9. The van der Waals surface area contributed by atoms with E-state index in [1.165, 1.54) is 0 Å². The maximum Gasteiger partial charge on any atom is 0.261 e. The van der Waals surface area contributed by atoms with E-state index in [0.29, 0.717) is 5.69 Å². The summed E-state index contributed by atoms with van der Waals surface area (Å²) in [6, 6.07) is 17.8. The Morgan fingerprint density at radius 1 is 0.960 bits per heavy atom. The molecule has 1 N–H and O–H groups in total. The van der Waals surface area contributed by atoms with Crippen molar-refractivity contribution >= 4 is 38.1 Å². The Balaban J connectivity index is 1.67. The molecule has 0 fully saturated rings. The lowest BCUT2D eigenvalue weighted by molar-refractivity contribution is -0.117. The van der Waals surface area contributed by atoms with Gasteiger partial charge in [0.25, 0.3) is 10.0 Å². The lowest BCUT2D eigenvalue weighted by Gasteiger charge is -2.12. The van der Waals surface area contributed by atoms with Crippen molar-refractivity contribution in [2.75, 3.05) is 16.7 Å². The molecule has 0 bridgehead atoms. The lowest BCUT2D eigenvalue weighted by atomic mass is 10.1. The molecule has 6 heteroatoms. The summed E-state index contributed by atoms with van der Waals surface area (Å²) >= 11 is 0. The number of fused-ring (bicyclic) bond motifs is 2. The quantitative estimate of drug-likeness (QED) is 0.787. The molecule has 0 saturated heterocycles. The van der Waals surface area contributed by atoms with Crippen molar-refractivity contribution in [3.63, 3.8) is 0 Å². The van der Waals surface area contributed by atoms with Crippen molar-refractivity contribution in [3.8, 4) is 0 Å². The minimum absolute atomic E-state index is 0.00420. The second-order valence-electron chi connectivity index (χ2n) is 6.09. The highest BCUT2D eigenvalue weighted by Crippen LogP contribution is 2.31. The molecule has 0 aromatic heterocycles. The Bertz CT molecular complexity index is 1110. The minimum Gasteiger partial charge on any atom is -0.315 e. The molecule has 1 amide bonds. The Labute approximate surface area is 145 Å². The number of rotatable bonds is 3. The topological polar surface area (TPSA) is 66.5 Å². The van der Waals surface area contributed by atoms with Crippen molar-refractivity contribution in [1.29, 1.82) is 0 Å².